The van der Waals surface area contributed by atoms with E-state index in [0.29, 0.717) is 10.6 Å². The molecule has 2 amide bonds. The Bertz CT molecular complexity index is 665. The number of nitrogens with zero attached hydrogens (tertiary/aromatic N) is 1. The molecular formula is C13H16N4O2S. The fourth-order valence-electron chi connectivity index (χ4n) is 1.91. The van der Waals surface area contributed by atoms with Crippen LogP contribution in [0.3, 0.4) is 0 Å². The highest BCUT2D eigenvalue weighted by Crippen LogP contribution is 2.32. The van der Waals surface area contributed by atoms with Gasteiger partial charge in [0, 0.05) is 17.8 Å². The van der Waals surface area contributed by atoms with E-state index in [4.69, 9.17) is 11.5 Å². The summed E-state index contributed by atoms with van der Waals surface area (Å²) in [6, 6.07) is 1.04. The van der Waals surface area contributed by atoms with Crippen LogP contribution in [0.15, 0.2) is 18.5 Å². The van der Waals surface area contributed by atoms with Crippen molar-refractivity contribution in [1.82, 2.24) is 10.3 Å². The lowest BCUT2D eigenvalue weighted by Gasteiger charge is -2.18. The summed E-state index contributed by atoms with van der Waals surface area (Å²) in [6.45, 7) is 3.63. The van der Waals surface area contributed by atoms with Gasteiger partial charge in [-0.25, -0.2) is 0 Å². The van der Waals surface area contributed by atoms with Gasteiger partial charge in [0.2, 0.25) is 5.91 Å². The Labute approximate surface area is 120 Å². The molecule has 2 rings (SSSR count). The summed E-state index contributed by atoms with van der Waals surface area (Å²) in [5.74, 6) is -1.04. The van der Waals surface area contributed by atoms with Crippen molar-refractivity contribution in [2.24, 2.45) is 11.7 Å². The Morgan fingerprint density at radius 3 is 2.65 bits per heavy atom. The van der Waals surface area contributed by atoms with Crippen LogP contribution in [0.4, 0.5) is 5.69 Å². The summed E-state index contributed by atoms with van der Waals surface area (Å²) in [4.78, 5) is 27.9. The fourth-order valence-corrected chi connectivity index (χ4v) is 2.91. The summed E-state index contributed by atoms with van der Waals surface area (Å²) in [5.41, 5.74) is 11.7. The molecule has 1 unspecified atom stereocenters. The second-order valence-corrected chi connectivity index (χ2v) is 5.87. The highest BCUT2D eigenvalue weighted by molar-refractivity contribution is 7.21. The number of nitrogens with one attached hydrogen (secondary N) is 1. The number of rotatable bonds is 4. The lowest BCUT2D eigenvalue weighted by molar-refractivity contribution is -0.120. The summed E-state index contributed by atoms with van der Waals surface area (Å²) in [5, 5.41) is 3.42. The number of hydrogen-bond acceptors (Lipinski definition) is 5. The zero-order chi connectivity index (χ0) is 14.9. The number of amides is 2. The Morgan fingerprint density at radius 1 is 1.40 bits per heavy atom. The molecule has 6 nitrogen and oxygen atoms in total. The summed E-state index contributed by atoms with van der Waals surface area (Å²) in [6.07, 6.45) is 3.27. The second-order valence-electron chi connectivity index (χ2n) is 4.81. The van der Waals surface area contributed by atoms with Crippen LogP contribution in [0.25, 0.3) is 10.1 Å². The number of nitrogen functional groups attached to an aromatic ring is 1. The molecule has 0 aliphatic carbocycles. The van der Waals surface area contributed by atoms with Gasteiger partial charge in [0.05, 0.1) is 10.4 Å². The molecule has 0 bridgehead atoms. The third-order valence-electron chi connectivity index (χ3n) is 3.00. The second kappa shape index (κ2) is 5.46. The van der Waals surface area contributed by atoms with E-state index in [9.17, 15) is 9.59 Å². The Hall–Kier alpha value is -2.15. The minimum Gasteiger partial charge on any atom is -0.397 e. The van der Waals surface area contributed by atoms with Gasteiger partial charge in [-0.3, -0.25) is 14.6 Å². The topological polar surface area (TPSA) is 111 Å². The number of primary amides is 1. The molecule has 0 saturated carbocycles. The van der Waals surface area contributed by atoms with Crippen molar-refractivity contribution in [2.45, 2.75) is 19.9 Å². The van der Waals surface area contributed by atoms with E-state index in [2.05, 4.69) is 10.3 Å². The maximum absolute atomic E-state index is 12.2. The maximum atomic E-state index is 12.2. The molecule has 0 fully saturated rings. The lowest BCUT2D eigenvalue weighted by atomic mass is 10.0. The normalized spacial score (nSPS) is 12.6. The van der Waals surface area contributed by atoms with Crippen LogP contribution in [0.2, 0.25) is 0 Å². The fraction of sp³-hybridized carbons (Fsp3) is 0.308. The van der Waals surface area contributed by atoms with E-state index in [1.165, 1.54) is 11.3 Å². The maximum Gasteiger partial charge on any atom is 0.264 e. The monoisotopic (exact) mass is 292 g/mol. The van der Waals surface area contributed by atoms with E-state index >= 15 is 0 Å². The third-order valence-corrected chi connectivity index (χ3v) is 4.15. The predicted molar refractivity (Wildman–Crippen MR) is 79.3 cm³/mol. The first kappa shape index (κ1) is 14.3. The van der Waals surface area contributed by atoms with Gasteiger partial charge in [-0.05, 0) is 12.0 Å². The minimum atomic E-state index is -0.717. The van der Waals surface area contributed by atoms with Crippen molar-refractivity contribution in [3.05, 3.63) is 23.3 Å². The standard InChI is InChI=1S/C13H16N4O2S/c1-6(2)10(12(15)18)17-13(19)11-9(14)7-3-4-16-5-8(7)20-11/h3-6,10H,14H2,1-2H3,(H2,15,18)(H,17,19). The molecule has 20 heavy (non-hydrogen) atoms. The summed E-state index contributed by atoms with van der Waals surface area (Å²) < 4.78 is 0.829. The van der Waals surface area contributed by atoms with Crippen LogP contribution >= 0.6 is 11.3 Å². The number of carbonyl (C=O) groups excluding carboxylic acids is 2. The molecule has 2 aromatic heterocycles. The molecule has 0 saturated heterocycles. The van der Waals surface area contributed by atoms with Crippen molar-refractivity contribution in [2.75, 3.05) is 5.73 Å². The van der Waals surface area contributed by atoms with E-state index < -0.39 is 11.9 Å². The SMILES string of the molecule is CC(C)C(NC(=O)c1sc2cnccc2c1N)C(N)=O. The van der Waals surface area contributed by atoms with Crippen LogP contribution in [-0.2, 0) is 4.79 Å². The molecule has 0 aliphatic rings. The van der Waals surface area contributed by atoms with Gasteiger partial charge < -0.3 is 16.8 Å². The molecule has 0 spiro atoms. The van der Waals surface area contributed by atoms with Crippen LogP contribution < -0.4 is 16.8 Å². The smallest absolute Gasteiger partial charge is 0.264 e. The van der Waals surface area contributed by atoms with Crippen LogP contribution in [0.5, 0.6) is 0 Å². The van der Waals surface area contributed by atoms with Gasteiger partial charge >= 0.3 is 0 Å². The van der Waals surface area contributed by atoms with Crippen molar-refractivity contribution in [1.29, 1.82) is 0 Å². The average Bonchev–Trinajstić information content (AvgIpc) is 2.73. The molecule has 5 N–H and O–H groups in total. The molecule has 1 atom stereocenters. The summed E-state index contributed by atoms with van der Waals surface area (Å²) in [7, 11) is 0. The number of carbonyl (C=O) groups is 2. The molecule has 0 radical (unpaired) electrons. The Morgan fingerprint density at radius 2 is 2.10 bits per heavy atom. The van der Waals surface area contributed by atoms with Crippen LogP contribution in [0, 0.1) is 5.92 Å². The Balaban J connectivity index is 2.32. The molecule has 106 valence electrons. The zero-order valence-corrected chi connectivity index (χ0v) is 12.0. The van der Waals surface area contributed by atoms with E-state index in [1.54, 1.807) is 18.5 Å². The molecular weight excluding hydrogens is 276 g/mol. The number of pyridine rings is 1. The van der Waals surface area contributed by atoms with Crippen LogP contribution in [-0.4, -0.2) is 22.8 Å². The molecule has 0 aliphatic heterocycles. The van der Waals surface area contributed by atoms with E-state index in [-0.39, 0.29) is 11.8 Å². The number of nitrogens with two attached hydrogens (primary N) is 2. The van der Waals surface area contributed by atoms with Gasteiger partial charge in [0.1, 0.15) is 10.9 Å². The van der Waals surface area contributed by atoms with Gasteiger partial charge in [0.25, 0.3) is 5.91 Å². The number of fused-ring (bicyclic) bond motifs is 1. The van der Waals surface area contributed by atoms with Crippen molar-refractivity contribution < 1.29 is 9.59 Å². The summed E-state index contributed by atoms with van der Waals surface area (Å²) >= 11 is 1.25. The largest absolute Gasteiger partial charge is 0.397 e. The Kier molecular flexibility index (Phi) is 3.89. The highest BCUT2D eigenvalue weighted by atomic mass is 32.1. The van der Waals surface area contributed by atoms with Gasteiger partial charge in [-0.1, -0.05) is 13.8 Å². The van der Waals surface area contributed by atoms with Crippen LogP contribution in [0.1, 0.15) is 23.5 Å². The highest BCUT2D eigenvalue weighted by Gasteiger charge is 2.24. The van der Waals surface area contributed by atoms with E-state index in [0.717, 1.165) is 10.1 Å². The van der Waals surface area contributed by atoms with E-state index in [1.807, 2.05) is 13.8 Å². The number of hydrogen-bond donors (Lipinski definition) is 3. The first-order valence-electron chi connectivity index (χ1n) is 6.14. The first-order chi connectivity index (χ1) is 9.41. The number of thiophene rings is 1. The number of aromatic nitrogens is 1. The van der Waals surface area contributed by atoms with Crippen molar-refractivity contribution in [3.63, 3.8) is 0 Å². The average molecular weight is 292 g/mol. The molecule has 2 aromatic rings. The quantitative estimate of drug-likeness (QED) is 0.784. The third kappa shape index (κ3) is 2.57. The van der Waals surface area contributed by atoms with Crippen molar-refractivity contribution >= 4 is 38.9 Å². The lowest BCUT2D eigenvalue weighted by Crippen LogP contribution is -2.47. The number of anilines is 1. The minimum absolute atomic E-state index is 0.0891. The van der Waals surface area contributed by atoms with Crippen molar-refractivity contribution in [3.8, 4) is 0 Å². The van der Waals surface area contributed by atoms with Gasteiger partial charge in [-0.2, -0.15) is 0 Å². The van der Waals surface area contributed by atoms with Gasteiger partial charge in [-0.15, -0.1) is 11.3 Å². The molecule has 0 aromatic carbocycles. The predicted octanol–water partition coefficient (Wildman–Crippen LogP) is 1.12. The van der Waals surface area contributed by atoms with Gasteiger partial charge in [0.15, 0.2) is 0 Å². The molecule has 7 heteroatoms. The first-order valence-corrected chi connectivity index (χ1v) is 6.95. The zero-order valence-electron chi connectivity index (χ0n) is 11.2. The molecule has 2 heterocycles.